The van der Waals surface area contributed by atoms with Crippen molar-refractivity contribution in [1.29, 1.82) is 0 Å². The predicted octanol–water partition coefficient (Wildman–Crippen LogP) is 2.78. The first-order valence-corrected chi connectivity index (χ1v) is 8.63. The van der Waals surface area contributed by atoms with E-state index in [0.29, 0.717) is 24.4 Å². The fraction of sp³-hybridized carbons (Fsp3) is 0.238. The van der Waals surface area contributed by atoms with Crippen molar-refractivity contribution in [3.8, 4) is 5.75 Å². The molecule has 1 amide bonds. The van der Waals surface area contributed by atoms with Crippen molar-refractivity contribution < 1.29 is 14.3 Å². The highest BCUT2D eigenvalue weighted by molar-refractivity contribution is 6.07. The quantitative estimate of drug-likeness (QED) is 0.615. The maximum absolute atomic E-state index is 12.3. The SMILES string of the molecule is COc1ccc(C(=O)/C=C/C(=O)N2CCN(c3ccccc3)CC2)cc1. The van der Waals surface area contributed by atoms with Crippen LogP contribution >= 0.6 is 0 Å². The standard InChI is InChI=1S/C21H22N2O3/c1-26-19-9-7-17(8-10-19)20(24)11-12-21(25)23-15-13-22(14-16-23)18-5-3-2-4-6-18/h2-12H,13-16H2,1H3/b12-11+. The molecule has 2 aromatic carbocycles. The Bertz CT molecular complexity index is 777. The number of piperazine rings is 1. The fourth-order valence-corrected chi connectivity index (χ4v) is 2.93. The third kappa shape index (κ3) is 4.30. The second-order valence-corrected chi connectivity index (χ2v) is 6.07. The van der Waals surface area contributed by atoms with Gasteiger partial charge in [0.05, 0.1) is 7.11 Å². The Labute approximate surface area is 153 Å². The topological polar surface area (TPSA) is 49.9 Å². The summed E-state index contributed by atoms with van der Waals surface area (Å²) in [5, 5.41) is 0. The van der Waals surface area contributed by atoms with Gasteiger partial charge in [0, 0.05) is 43.5 Å². The Morgan fingerprint density at radius 2 is 1.54 bits per heavy atom. The number of hydrogen-bond donors (Lipinski definition) is 0. The smallest absolute Gasteiger partial charge is 0.246 e. The lowest BCUT2D eigenvalue weighted by atomic mass is 10.1. The van der Waals surface area contributed by atoms with Crippen LogP contribution in [0.1, 0.15) is 10.4 Å². The summed E-state index contributed by atoms with van der Waals surface area (Å²) >= 11 is 0. The first-order chi connectivity index (χ1) is 12.7. The van der Waals surface area contributed by atoms with Gasteiger partial charge in [-0.2, -0.15) is 0 Å². The summed E-state index contributed by atoms with van der Waals surface area (Å²) < 4.78 is 5.07. The molecule has 0 spiro atoms. The van der Waals surface area contributed by atoms with Crippen LogP contribution in [0.5, 0.6) is 5.75 Å². The molecule has 0 unspecified atom stereocenters. The van der Waals surface area contributed by atoms with E-state index < -0.39 is 0 Å². The number of hydrogen-bond acceptors (Lipinski definition) is 4. The van der Waals surface area contributed by atoms with Crippen molar-refractivity contribution in [1.82, 2.24) is 4.90 Å². The molecule has 0 saturated carbocycles. The summed E-state index contributed by atoms with van der Waals surface area (Å²) in [5.41, 5.74) is 1.70. The molecule has 2 aromatic rings. The highest BCUT2D eigenvalue weighted by Crippen LogP contribution is 2.16. The first kappa shape index (κ1) is 17.7. The Morgan fingerprint density at radius 3 is 2.15 bits per heavy atom. The number of amides is 1. The molecule has 5 heteroatoms. The maximum Gasteiger partial charge on any atom is 0.246 e. The molecule has 0 N–H and O–H groups in total. The van der Waals surface area contributed by atoms with E-state index in [1.54, 1.807) is 36.3 Å². The number of allylic oxidation sites excluding steroid dienone is 1. The van der Waals surface area contributed by atoms with Crippen molar-refractivity contribution in [2.45, 2.75) is 0 Å². The molecule has 1 fully saturated rings. The molecule has 0 aromatic heterocycles. The summed E-state index contributed by atoms with van der Waals surface area (Å²) in [5.74, 6) is 0.376. The number of benzene rings is 2. The van der Waals surface area contributed by atoms with Gasteiger partial charge in [0.1, 0.15) is 5.75 Å². The van der Waals surface area contributed by atoms with E-state index in [2.05, 4.69) is 17.0 Å². The Hall–Kier alpha value is -3.08. The molecule has 1 aliphatic rings. The zero-order chi connectivity index (χ0) is 18.4. The largest absolute Gasteiger partial charge is 0.497 e. The van der Waals surface area contributed by atoms with Crippen LogP contribution < -0.4 is 9.64 Å². The lowest BCUT2D eigenvalue weighted by molar-refractivity contribution is -0.126. The van der Waals surface area contributed by atoms with Crippen LogP contribution in [0, 0.1) is 0 Å². The van der Waals surface area contributed by atoms with Crippen molar-refractivity contribution in [3.63, 3.8) is 0 Å². The van der Waals surface area contributed by atoms with Gasteiger partial charge < -0.3 is 14.5 Å². The van der Waals surface area contributed by atoms with Gasteiger partial charge in [0.2, 0.25) is 5.91 Å². The van der Waals surface area contributed by atoms with Gasteiger partial charge in [-0.05, 0) is 42.5 Å². The van der Waals surface area contributed by atoms with E-state index in [1.807, 2.05) is 18.2 Å². The molecule has 1 saturated heterocycles. The van der Waals surface area contributed by atoms with E-state index in [0.717, 1.165) is 13.1 Å². The number of carbonyl (C=O) groups is 2. The number of ketones is 1. The number of rotatable bonds is 5. The van der Waals surface area contributed by atoms with Gasteiger partial charge in [-0.1, -0.05) is 18.2 Å². The average molecular weight is 350 g/mol. The minimum atomic E-state index is -0.191. The number of nitrogens with zero attached hydrogens (tertiary/aromatic N) is 2. The summed E-state index contributed by atoms with van der Waals surface area (Å²) in [6.07, 6.45) is 2.71. The van der Waals surface area contributed by atoms with Crippen molar-refractivity contribution >= 4 is 17.4 Å². The van der Waals surface area contributed by atoms with Crippen molar-refractivity contribution in [3.05, 3.63) is 72.3 Å². The van der Waals surface area contributed by atoms with Crippen LogP contribution in [-0.4, -0.2) is 49.9 Å². The Kier molecular flexibility index (Phi) is 5.69. The summed E-state index contributed by atoms with van der Waals surface area (Å²) in [6, 6.07) is 17.0. The van der Waals surface area contributed by atoms with Crippen LogP contribution in [-0.2, 0) is 4.79 Å². The molecule has 134 valence electrons. The van der Waals surface area contributed by atoms with Gasteiger partial charge in [0.15, 0.2) is 5.78 Å². The normalized spacial score (nSPS) is 14.5. The molecule has 26 heavy (non-hydrogen) atoms. The van der Waals surface area contributed by atoms with Crippen LogP contribution in [0.3, 0.4) is 0 Å². The second-order valence-electron chi connectivity index (χ2n) is 6.07. The molecule has 0 bridgehead atoms. The van der Waals surface area contributed by atoms with Gasteiger partial charge >= 0.3 is 0 Å². The molecule has 0 aliphatic carbocycles. The van der Waals surface area contributed by atoms with Crippen LogP contribution in [0.4, 0.5) is 5.69 Å². The number of para-hydroxylation sites is 1. The minimum absolute atomic E-state index is 0.125. The zero-order valence-electron chi connectivity index (χ0n) is 14.8. The average Bonchev–Trinajstić information content (AvgIpc) is 2.72. The zero-order valence-corrected chi connectivity index (χ0v) is 14.8. The van der Waals surface area contributed by atoms with Crippen LogP contribution in [0.15, 0.2) is 66.7 Å². The van der Waals surface area contributed by atoms with E-state index >= 15 is 0 Å². The first-order valence-electron chi connectivity index (χ1n) is 8.63. The minimum Gasteiger partial charge on any atom is -0.497 e. The second kappa shape index (κ2) is 8.34. The Balaban J connectivity index is 1.53. The molecule has 0 radical (unpaired) electrons. The summed E-state index contributed by atoms with van der Waals surface area (Å²) in [6.45, 7) is 2.87. The number of methoxy groups -OCH3 is 1. The molecular weight excluding hydrogens is 328 g/mol. The molecular formula is C21H22N2O3. The highest BCUT2D eigenvalue weighted by Gasteiger charge is 2.19. The van der Waals surface area contributed by atoms with Gasteiger partial charge in [-0.25, -0.2) is 0 Å². The number of ether oxygens (including phenoxy) is 1. The van der Waals surface area contributed by atoms with E-state index in [4.69, 9.17) is 4.74 Å². The van der Waals surface area contributed by atoms with Crippen molar-refractivity contribution in [2.75, 3.05) is 38.2 Å². The lowest BCUT2D eigenvalue weighted by Crippen LogP contribution is -2.48. The third-order valence-corrected chi connectivity index (χ3v) is 4.46. The summed E-state index contributed by atoms with van der Waals surface area (Å²) in [4.78, 5) is 28.5. The van der Waals surface area contributed by atoms with E-state index in [-0.39, 0.29) is 11.7 Å². The monoisotopic (exact) mass is 350 g/mol. The van der Waals surface area contributed by atoms with Gasteiger partial charge in [0.25, 0.3) is 0 Å². The number of anilines is 1. The van der Waals surface area contributed by atoms with Crippen LogP contribution in [0.25, 0.3) is 0 Å². The molecule has 1 aliphatic heterocycles. The molecule has 3 rings (SSSR count). The summed E-state index contributed by atoms with van der Waals surface area (Å²) in [7, 11) is 1.58. The highest BCUT2D eigenvalue weighted by atomic mass is 16.5. The Morgan fingerprint density at radius 1 is 0.885 bits per heavy atom. The third-order valence-electron chi connectivity index (χ3n) is 4.46. The predicted molar refractivity (Wildman–Crippen MR) is 102 cm³/mol. The van der Waals surface area contributed by atoms with E-state index in [9.17, 15) is 9.59 Å². The van der Waals surface area contributed by atoms with Crippen LogP contribution in [0.2, 0.25) is 0 Å². The fourth-order valence-electron chi connectivity index (χ4n) is 2.93. The molecule has 1 heterocycles. The van der Waals surface area contributed by atoms with Gasteiger partial charge in [-0.3, -0.25) is 9.59 Å². The molecule has 0 atom stereocenters. The number of carbonyl (C=O) groups excluding carboxylic acids is 2. The van der Waals surface area contributed by atoms with E-state index in [1.165, 1.54) is 17.8 Å². The molecule has 5 nitrogen and oxygen atoms in total. The van der Waals surface area contributed by atoms with Gasteiger partial charge in [-0.15, -0.1) is 0 Å². The lowest BCUT2D eigenvalue weighted by Gasteiger charge is -2.35. The van der Waals surface area contributed by atoms with Crippen molar-refractivity contribution in [2.24, 2.45) is 0 Å². The maximum atomic E-state index is 12.3.